The number of nitriles is 1. The summed E-state index contributed by atoms with van der Waals surface area (Å²) in [4.78, 5) is 7.50. The maximum atomic E-state index is 13.8. The van der Waals surface area contributed by atoms with E-state index in [9.17, 15) is 9.65 Å². The molecule has 0 spiro atoms. The number of nitrogens with two attached hydrogens (primary N) is 1. The van der Waals surface area contributed by atoms with Crippen molar-refractivity contribution in [3.05, 3.63) is 54.0 Å². The summed E-state index contributed by atoms with van der Waals surface area (Å²) in [5, 5.41) is 10.4. The highest BCUT2D eigenvalue weighted by Gasteiger charge is 2.20. The van der Waals surface area contributed by atoms with Crippen molar-refractivity contribution in [2.75, 3.05) is 27.1 Å². The highest BCUT2D eigenvalue weighted by Crippen LogP contribution is 2.43. The van der Waals surface area contributed by atoms with E-state index in [0.29, 0.717) is 45.0 Å². The fourth-order valence-electron chi connectivity index (χ4n) is 3.59. The molecule has 2 aromatic carbocycles. The highest BCUT2D eigenvalue weighted by atomic mass is 19.1. The number of aromatic nitrogens is 2. The van der Waals surface area contributed by atoms with Crippen LogP contribution in [0.15, 0.2) is 42.6 Å². The SMILES string of the molecule is COc1cc(-c2cc(-c3c[nH]c4ccc(F)cc34)nc(N)c2C#N)cc(OC)c1OC. The number of H-pyrrole nitrogens is 1. The molecule has 2 aromatic heterocycles. The molecule has 7 nitrogen and oxygen atoms in total. The van der Waals surface area contributed by atoms with Crippen LogP contribution in [0.3, 0.4) is 0 Å². The number of hydrogen-bond acceptors (Lipinski definition) is 6. The third-order valence-corrected chi connectivity index (χ3v) is 5.05. The second kappa shape index (κ2) is 7.88. The first-order valence-electron chi connectivity index (χ1n) is 9.28. The van der Waals surface area contributed by atoms with Gasteiger partial charge in [-0.25, -0.2) is 9.37 Å². The second-order valence-electron chi connectivity index (χ2n) is 6.73. The lowest BCUT2D eigenvalue weighted by Crippen LogP contribution is -2.01. The quantitative estimate of drug-likeness (QED) is 0.494. The molecule has 8 heteroatoms. The number of rotatable bonds is 5. The average molecular weight is 418 g/mol. The highest BCUT2D eigenvalue weighted by molar-refractivity contribution is 5.96. The molecule has 4 aromatic rings. The van der Waals surface area contributed by atoms with Gasteiger partial charge in [0.15, 0.2) is 11.5 Å². The van der Waals surface area contributed by atoms with Crippen molar-refractivity contribution in [1.29, 1.82) is 5.26 Å². The molecule has 0 saturated carbocycles. The van der Waals surface area contributed by atoms with Crippen molar-refractivity contribution in [3.8, 4) is 45.7 Å². The Hall–Kier alpha value is -4.25. The lowest BCUT2D eigenvalue weighted by Gasteiger charge is -2.16. The number of aromatic amines is 1. The van der Waals surface area contributed by atoms with Gasteiger partial charge in [-0.1, -0.05) is 0 Å². The molecular weight excluding hydrogens is 399 g/mol. The zero-order chi connectivity index (χ0) is 22.1. The van der Waals surface area contributed by atoms with Gasteiger partial charge in [-0.05, 0) is 42.0 Å². The van der Waals surface area contributed by atoms with E-state index in [1.54, 1.807) is 30.5 Å². The van der Waals surface area contributed by atoms with E-state index >= 15 is 0 Å². The van der Waals surface area contributed by atoms with Gasteiger partial charge in [0.1, 0.15) is 23.3 Å². The average Bonchev–Trinajstić information content (AvgIpc) is 3.20. The van der Waals surface area contributed by atoms with E-state index in [0.717, 1.165) is 5.52 Å². The number of nitrogens with zero attached hydrogens (tertiary/aromatic N) is 2. The lowest BCUT2D eigenvalue weighted by molar-refractivity contribution is 0.324. The molecule has 3 N–H and O–H groups in total. The van der Waals surface area contributed by atoms with Gasteiger partial charge in [0.2, 0.25) is 5.75 Å². The van der Waals surface area contributed by atoms with Crippen LogP contribution in [0.1, 0.15) is 5.56 Å². The maximum absolute atomic E-state index is 13.8. The van der Waals surface area contributed by atoms with E-state index in [2.05, 4.69) is 16.0 Å². The first kappa shape index (κ1) is 20.0. The van der Waals surface area contributed by atoms with Gasteiger partial charge < -0.3 is 24.9 Å². The van der Waals surface area contributed by atoms with Crippen LogP contribution < -0.4 is 19.9 Å². The van der Waals surface area contributed by atoms with E-state index in [1.807, 2.05) is 0 Å². The standard InChI is InChI=1S/C23H19FN4O3/c1-29-20-6-12(7-21(30-2)22(20)31-3)14-9-19(28-23(26)16(14)10-25)17-11-27-18-5-4-13(24)8-15(17)18/h4-9,11,27H,1-3H3,(H2,26,28). The molecule has 0 saturated heterocycles. The number of methoxy groups -OCH3 is 3. The van der Waals surface area contributed by atoms with E-state index in [-0.39, 0.29) is 17.2 Å². The topological polar surface area (TPSA) is 106 Å². The lowest BCUT2D eigenvalue weighted by atomic mass is 9.97. The Morgan fingerprint density at radius 2 is 1.71 bits per heavy atom. The minimum absolute atomic E-state index is 0.0644. The fourth-order valence-corrected chi connectivity index (χ4v) is 3.59. The van der Waals surface area contributed by atoms with Crippen molar-refractivity contribution < 1.29 is 18.6 Å². The normalized spacial score (nSPS) is 10.7. The summed E-state index contributed by atoms with van der Waals surface area (Å²) in [6.45, 7) is 0. The van der Waals surface area contributed by atoms with Crippen LogP contribution >= 0.6 is 0 Å². The van der Waals surface area contributed by atoms with Crippen molar-refractivity contribution >= 4 is 16.7 Å². The molecule has 156 valence electrons. The first-order valence-corrected chi connectivity index (χ1v) is 9.28. The van der Waals surface area contributed by atoms with E-state index in [4.69, 9.17) is 19.9 Å². The predicted octanol–water partition coefficient (Wildman–Crippen LogP) is 4.52. The summed E-state index contributed by atoms with van der Waals surface area (Å²) < 4.78 is 30.1. The number of nitrogen functional groups attached to an aromatic ring is 1. The molecule has 0 radical (unpaired) electrons. The summed E-state index contributed by atoms with van der Waals surface area (Å²) in [6, 6.07) is 11.8. The molecular formula is C23H19FN4O3. The Morgan fingerprint density at radius 1 is 1.00 bits per heavy atom. The van der Waals surface area contributed by atoms with Gasteiger partial charge in [-0.3, -0.25) is 0 Å². The maximum Gasteiger partial charge on any atom is 0.203 e. The van der Waals surface area contributed by atoms with Gasteiger partial charge >= 0.3 is 0 Å². The van der Waals surface area contributed by atoms with Gasteiger partial charge in [0.05, 0.1) is 27.0 Å². The number of ether oxygens (including phenoxy) is 3. The molecule has 0 aliphatic rings. The summed E-state index contributed by atoms with van der Waals surface area (Å²) >= 11 is 0. The van der Waals surface area contributed by atoms with Gasteiger partial charge in [0, 0.05) is 28.2 Å². The van der Waals surface area contributed by atoms with Gasteiger partial charge in [-0.2, -0.15) is 5.26 Å². The van der Waals surface area contributed by atoms with Crippen LogP contribution in [0.2, 0.25) is 0 Å². The molecule has 0 unspecified atom stereocenters. The summed E-state index contributed by atoms with van der Waals surface area (Å²) in [6.07, 6.45) is 1.73. The first-order chi connectivity index (χ1) is 15.0. The van der Waals surface area contributed by atoms with Crippen LogP contribution in [-0.2, 0) is 0 Å². The molecule has 0 bridgehead atoms. The number of benzene rings is 2. The van der Waals surface area contributed by atoms with Crippen LogP contribution in [0.4, 0.5) is 10.2 Å². The summed E-state index contributed by atoms with van der Waals surface area (Å²) in [7, 11) is 4.54. The minimum Gasteiger partial charge on any atom is -0.493 e. The second-order valence-corrected chi connectivity index (χ2v) is 6.73. The van der Waals surface area contributed by atoms with Crippen molar-refractivity contribution in [1.82, 2.24) is 9.97 Å². The van der Waals surface area contributed by atoms with Crippen LogP contribution in [-0.4, -0.2) is 31.3 Å². The molecule has 2 heterocycles. The van der Waals surface area contributed by atoms with E-state index in [1.165, 1.54) is 33.5 Å². The number of pyridine rings is 1. The molecule has 0 amide bonds. The van der Waals surface area contributed by atoms with Crippen LogP contribution in [0.25, 0.3) is 33.3 Å². The fraction of sp³-hybridized carbons (Fsp3) is 0.130. The van der Waals surface area contributed by atoms with Crippen molar-refractivity contribution in [2.24, 2.45) is 0 Å². The van der Waals surface area contributed by atoms with Crippen LogP contribution in [0.5, 0.6) is 17.2 Å². The monoisotopic (exact) mass is 418 g/mol. The predicted molar refractivity (Wildman–Crippen MR) is 116 cm³/mol. The number of anilines is 1. The largest absolute Gasteiger partial charge is 0.493 e. The van der Waals surface area contributed by atoms with Crippen LogP contribution in [0, 0.1) is 17.1 Å². The smallest absolute Gasteiger partial charge is 0.203 e. The van der Waals surface area contributed by atoms with Crippen molar-refractivity contribution in [2.45, 2.75) is 0 Å². The minimum atomic E-state index is -0.361. The Morgan fingerprint density at radius 3 is 2.32 bits per heavy atom. The zero-order valence-corrected chi connectivity index (χ0v) is 17.1. The molecule has 0 aliphatic heterocycles. The zero-order valence-electron chi connectivity index (χ0n) is 17.1. The third kappa shape index (κ3) is 3.36. The third-order valence-electron chi connectivity index (χ3n) is 5.05. The Bertz CT molecular complexity index is 1320. The molecule has 0 fully saturated rings. The van der Waals surface area contributed by atoms with Gasteiger partial charge in [0.25, 0.3) is 0 Å². The Kier molecular flexibility index (Phi) is 5.09. The van der Waals surface area contributed by atoms with E-state index < -0.39 is 0 Å². The Balaban J connectivity index is 1.98. The molecule has 0 aliphatic carbocycles. The Labute approximate surface area is 177 Å². The number of fused-ring (bicyclic) bond motifs is 1. The number of halogens is 1. The van der Waals surface area contributed by atoms with Gasteiger partial charge in [-0.15, -0.1) is 0 Å². The molecule has 0 atom stereocenters. The molecule has 4 rings (SSSR count). The summed E-state index contributed by atoms with van der Waals surface area (Å²) in [5.41, 5.74) is 9.45. The molecule has 31 heavy (non-hydrogen) atoms. The van der Waals surface area contributed by atoms with Crippen molar-refractivity contribution in [3.63, 3.8) is 0 Å². The number of nitrogens with one attached hydrogen (secondary N) is 1. The number of hydrogen-bond donors (Lipinski definition) is 2. The summed E-state index contributed by atoms with van der Waals surface area (Å²) in [5.74, 6) is 1.01.